The van der Waals surface area contributed by atoms with Gasteiger partial charge in [-0.3, -0.25) is 5.32 Å². The monoisotopic (exact) mass is 316 g/mol. The van der Waals surface area contributed by atoms with Gasteiger partial charge in [0.15, 0.2) is 6.29 Å². The predicted molar refractivity (Wildman–Crippen MR) is 89.8 cm³/mol. The van der Waals surface area contributed by atoms with E-state index in [1.807, 2.05) is 13.8 Å². The molecule has 0 aromatic carbocycles. The molecule has 0 saturated carbocycles. The van der Waals surface area contributed by atoms with Crippen molar-refractivity contribution in [2.45, 2.75) is 111 Å². The third-order valence-electron chi connectivity index (χ3n) is 3.33. The van der Waals surface area contributed by atoms with Gasteiger partial charge in [0.05, 0.1) is 24.4 Å². The van der Waals surface area contributed by atoms with Crippen LogP contribution in [0.1, 0.15) is 61.8 Å². The molecule has 2 N–H and O–H groups in total. The molecule has 1 aliphatic rings. The molecular weight excluding hydrogens is 280 g/mol. The molecule has 0 aromatic rings. The van der Waals surface area contributed by atoms with Gasteiger partial charge in [-0.2, -0.15) is 0 Å². The highest BCUT2D eigenvalue weighted by atomic mass is 16.7. The molecule has 0 radical (unpaired) electrons. The molecule has 0 bridgehead atoms. The highest BCUT2D eigenvalue weighted by molar-refractivity contribution is 4.87. The SMILES string of the molecule is CC(C)NC1CC(OC(C)C)C(NC(C)C)OC1OC(C)C. The van der Waals surface area contributed by atoms with Crippen molar-refractivity contribution in [2.24, 2.45) is 0 Å². The lowest BCUT2D eigenvalue weighted by atomic mass is 10.0. The fourth-order valence-electron chi connectivity index (χ4n) is 2.73. The molecule has 0 aliphatic carbocycles. The van der Waals surface area contributed by atoms with Crippen LogP contribution in [0.4, 0.5) is 0 Å². The van der Waals surface area contributed by atoms with E-state index in [-0.39, 0.29) is 36.9 Å². The van der Waals surface area contributed by atoms with Crippen molar-refractivity contribution in [3.63, 3.8) is 0 Å². The molecular formula is C17H36N2O3. The third-order valence-corrected chi connectivity index (χ3v) is 3.33. The molecule has 0 aromatic heterocycles. The molecule has 1 saturated heterocycles. The maximum Gasteiger partial charge on any atom is 0.175 e. The molecule has 22 heavy (non-hydrogen) atoms. The van der Waals surface area contributed by atoms with Crippen LogP contribution in [0.2, 0.25) is 0 Å². The van der Waals surface area contributed by atoms with Gasteiger partial charge >= 0.3 is 0 Å². The molecule has 5 nitrogen and oxygen atoms in total. The van der Waals surface area contributed by atoms with Crippen LogP contribution in [0.15, 0.2) is 0 Å². The standard InChI is InChI=1S/C17H36N2O3/c1-10(2)18-14-9-15(20-12(5)6)16(19-11(3)4)22-17(14)21-13(7)8/h10-19H,9H2,1-8H3. The Morgan fingerprint density at radius 2 is 1.36 bits per heavy atom. The molecule has 5 heteroatoms. The highest BCUT2D eigenvalue weighted by Gasteiger charge is 2.40. The van der Waals surface area contributed by atoms with Crippen molar-refractivity contribution in [3.05, 3.63) is 0 Å². The minimum atomic E-state index is -0.259. The van der Waals surface area contributed by atoms with E-state index in [2.05, 4.69) is 52.2 Å². The summed E-state index contributed by atoms with van der Waals surface area (Å²) in [4.78, 5) is 0. The van der Waals surface area contributed by atoms with Gasteiger partial charge in [-0.05, 0) is 48.0 Å². The van der Waals surface area contributed by atoms with E-state index < -0.39 is 0 Å². The Labute approximate surface area is 136 Å². The van der Waals surface area contributed by atoms with Crippen molar-refractivity contribution in [2.75, 3.05) is 0 Å². The Morgan fingerprint density at radius 1 is 0.818 bits per heavy atom. The smallest absolute Gasteiger partial charge is 0.175 e. The summed E-state index contributed by atoms with van der Waals surface area (Å²) in [6.07, 6.45) is 0.793. The first-order valence-corrected chi connectivity index (χ1v) is 8.67. The maximum absolute atomic E-state index is 6.21. The highest BCUT2D eigenvalue weighted by Crippen LogP contribution is 2.25. The van der Waals surface area contributed by atoms with Gasteiger partial charge in [-0.1, -0.05) is 13.8 Å². The third kappa shape index (κ3) is 6.92. The second-order valence-electron chi connectivity index (χ2n) is 7.32. The Morgan fingerprint density at radius 3 is 1.82 bits per heavy atom. The van der Waals surface area contributed by atoms with Crippen LogP contribution in [0.25, 0.3) is 0 Å². The van der Waals surface area contributed by atoms with Gasteiger partial charge in [0.2, 0.25) is 0 Å². The van der Waals surface area contributed by atoms with Crippen LogP contribution in [0.3, 0.4) is 0 Å². The molecule has 4 unspecified atom stereocenters. The average Bonchev–Trinajstić information content (AvgIpc) is 2.31. The fourth-order valence-corrected chi connectivity index (χ4v) is 2.73. The molecule has 0 amide bonds. The summed E-state index contributed by atoms with van der Waals surface area (Å²) in [5.41, 5.74) is 0. The number of ether oxygens (including phenoxy) is 3. The minimum Gasteiger partial charge on any atom is -0.371 e. The first-order chi connectivity index (χ1) is 10.2. The summed E-state index contributed by atoms with van der Waals surface area (Å²) in [6, 6.07) is 0.843. The van der Waals surface area contributed by atoms with E-state index in [0.29, 0.717) is 12.1 Å². The second-order valence-corrected chi connectivity index (χ2v) is 7.32. The van der Waals surface area contributed by atoms with E-state index in [1.165, 1.54) is 0 Å². The zero-order chi connectivity index (χ0) is 16.9. The van der Waals surface area contributed by atoms with E-state index >= 15 is 0 Å². The van der Waals surface area contributed by atoms with E-state index in [1.54, 1.807) is 0 Å². The van der Waals surface area contributed by atoms with Gasteiger partial charge in [0.1, 0.15) is 6.23 Å². The van der Waals surface area contributed by atoms with Gasteiger partial charge in [-0.25, -0.2) is 0 Å². The number of nitrogens with one attached hydrogen (secondary N) is 2. The van der Waals surface area contributed by atoms with Crippen LogP contribution in [-0.4, -0.2) is 49.0 Å². The predicted octanol–water partition coefficient (Wildman–Crippen LogP) is 2.64. The van der Waals surface area contributed by atoms with Crippen molar-refractivity contribution >= 4 is 0 Å². The quantitative estimate of drug-likeness (QED) is 0.721. The first-order valence-electron chi connectivity index (χ1n) is 8.67. The molecule has 1 fully saturated rings. The van der Waals surface area contributed by atoms with Crippen LogP contribution >= 0.6 is 0 Å². The second kappa shape index (κ2) is 9.18. The molecule has 1 heterocycles. The van der Waals surface area contributed by atoms with Crippen LogP contribution in [-0.2, 0) is 14.2 Å². The lowest BCUT2D eigenvalue weighted by Crippen LogP contribution is -2.61. The summed E-state index contributed by atoms with van der Waals surface area (Å²) >= 11 is 0. The normalized spacial score (nSPS) is 30.0. The van der Waals surface area contributed by atoms with Gasteiger partial charge in [0, 0.05) is 12.1 Å². The minimum absolute atomic E-state index is 0.0191. The lowest BCUT2D eigenvalue weighted by Gasteiger charge is -2.44. The number of hydrogen-bond donors (Lipinski definition) is 2. The van der Waals surface area contributed by atoms with E-state index in [9.17, 15) is 0 Å². The maximum atomic E-state index is 6.21. The zero-order valence-electron chi connectivity index (χ0n) is 15.6. The molecule has 132 valence electrons. The summed E-state index contributed by atoms with van der Waals surface area (Å²) in [5.74, 6) is 0. The Balaban J connectivity index is 2.83. The molecule has 4 atom stereocenters. The van der Waals surface area contributed by atoms with E-state index in [4.69, 9.17) is 14.2 Å². The summed E-state index contributed by atoms with van der Waals surface area (Å²) in [6.45, 7) is 16.7. The first kappa shape index (κ1) is 19.8. The van der Waals surface area contributed by atoms with Gasteiger partial charge in [-0.15, -0.1) is 0 Å². The van der Waals surface area contributed by atoms with Crippen molar-refractivity contribution < 1.29 is 14.2 Å². The summed E-state index contributed by atoms with van der Waals surface area (Å²) in [7, 11) is 0. The Kier molecular flexibility index (Phi) is 8.28. The van der Waals surface area contributed by atoms with Crippen molar-refractivity contribution in [1.82, 2.24) is 10.6 Å². The molecule has 0 spiro atoms. The van der Waals surface area contributed by atoms with Gasteiger partial charge < -0.3 is 19.5 Å². The largest absolute Gasteiger partial charge is 0.371 e. The molecule has 1 aliphatic heterocycles. The topological polar surface area (TPSA) is 51.8 Å². The number of hydrogen-bond acceptors (Lipinski definition) is 5. The number of rotatable bonds is 8. The Hall–Kier alpha value is -0.200. The van der Waals surface area contributed by atoms with E-state index in [0.717, 1.165) is 6.42 Å². The molecule has 1 rings (SSSR count). The lowest BCUT2D eigenvalue weighted by molar-refractivity contribution is -0.265. The summed E-state index contributed by atoms with van der Waals surface area (Å²) < 4.78 is 18.3. The van der Waals surface area contributed by atoms with Crippen LogP contribution < -0.4 is 10.6 Å². The van der Waals surface area contributed by atoms with Crippen LogP contribution in [0.5, 0.6) is 0 Å². The Bertz CT molecular complexity index is 250. The van der Waals surface area contributed by atoms with Gasteiger partial charge in [0.25, 0.3) is 0 Å². The zero-order valence-corrected chi connectivity index (χ0v) is 15.6. The van der Waals surface area contributed by atoms with Crippen LogP contribution in [0, 0.1) is 0 Å². The summed E-state index contributed by atoms with van der Waals surface area (Å²) in [5, 5.41) is 7.02. The van der Waals surface area contributed by atoms with Crippen molar-refractivity contribution in [1.29, 1.82) is 0 Å². The van der Waals surface area contributed by atoms with Crippen molar-refractivity contribution in [3.8, 4) is 0 Å². The fraction of sp³-hybridized carbons (Fsp3) is 1.00. The average molecular weight is 316 g/mol.